The van der Waals surface area contributed by atoms with E-state index in [4.69, 9.17) is 17.7 Å². The van der Waals surface area contributed by atoms with Crippen molar-refractivity contribution in [3.8, 4) is 0 Å². The normalized spacial score (nSPS) is 24.7. The van der Waals surface area contributed by atoms with E-state index in [-0.39, 0.29) is 0 Å². The maximum atomic E-state index is 13.8. The molecule has 328 valence electrons. The predicted molar refractivity (Wildman–Crippen MR) is 239 cm³/mol. The van der Waals surface area contributed by atoms with E-state index >= 15 is 0 Å². The van der Waals surface area contributed by atoms with Gasteiger partial charge in [0.25, 0.3) is 0 Å². The van der Waals surface area contributed by atoms with Crippen LogP contribution < -0.4 is 0 Å². The van der Waals surface area contributed by atoms with Gasteiger partial charge in [-0.1, -0.05) is 0 Å². The van der Waals surface area contributed by atoms with Crippen molar-refractivity contribution in [2.24, 2.45) is 9.03 Å². The van der Waals surface area contributed by atoms with Gasteiger partial charge in [0.15, 0.2) is 0 Å². The first-order valence-electron chi connectivity index (χ1n) is 18.9. The SMILES string of the molecule is CN(C)CN(C)C1(N(C)CN(C)C)CCCP1(=NPOP(=O)(O)OPN=P1(N(C)CN(C)C)CCCC1(N(C)CN(C)C)N(C)CN(C)C)N(C)CN(C)C. The Morgan fingerprint density at radius 2 is 0.764 bits per heavy atom. The highest BCUT2D eigenvalue weighted by atomic mass is 31.3. The Labute approximate surface area is 340 Å². The van der Waals surface area contributed by atoms with Crippen molar-refractivity contribution in [1.82, 2.24) is 58.3 Å². The molecule has 2 aliphatic heterocycles. The highest BCUT2D eigenvalue weighted by Gasteiger charge is 2.58. The van der Waals surface area contributed by atoms with Gasteiger partial charge in [0.1, 0.15) is 28.7 Å². The molecule has 4 atom stereocenters. The first-order chi connectivity index (χ1) is 25.4. The molecule has 55 heavy (non-hydrogen) atoms. The lowest BCUT2D eigenvalue weighted by atomic mass is 10.2. The van der Waals surface area contributed by atoms with Crippen LogP contribution in [0.25, 0.3) is 0 Å². The summed E-state index contributed by atoms with van der Waals surface area (Å²) >= 11 is 0. The number of hydrogen-bond donors (Lipinski definition) is 1. The molecule has 0 spiro atoms. The second kappa shape index (κ2) is 22.2. The van der Waals surface area contributed by atoms with E-state index in [1.165, 1.54) is 0 Å². The molecule has 18 nitrogen and oxygen atoms in total. The Balaban J connectivity index is 2.63. The van der Waals surface area contributed by atoms with Crippen molar-refractivity contribution in [3.05, 3.63) is 0 Å². The Morgan fingerprint density at radius 3 is 1.00 bits per heavy atom. The second-order valence-corrected chi connectivity index (χ2v) is 28.1. The lowest BCUT2D eigenvalue weighted by Gasteiger charge is -2.55. The number of rotatable bonds is 24. The van der Waals surface area contributed by atoms with Gasteiger partial charge in [0, 0.05) is 0 Å². The van der Waals surface area contributed by atoms with E-state index in [0.29, 0.717) is 13.3 Å². The number of phosphoric acid groups is 1. The first kappa shape index (κ1) is 52.1. The van der Waals surface area contributed by atoms with Crippen LogP contribution in [0, 0.1) is 0 Å². The van der Waals surface area contributed by atoms with E-state index in [1.807, 2.05) is 0 Å². The van der Waals surface area contributed by atoms with Gasteiger partial charge < -0.3 is 4.89 Å². The van der Waals surface area contributed by atoms with Gasteiger partial charge in [-0.05, 0) is 165 Å². The molecule has 0 bridgehead atoms. The van der Waals surface area contributed by atoms with Crippen LogP contribution >= 0.6 is 40.1 Å². The van der Waals surface area contributed by atoms with Crippen LogP contribution in [0.3, 0.4) is 0 Å². The fourth-order valence-electron chi connectivity index (χ4n) is 9.00. The summed E-state index contributed by atoms with van der Waals surface area (Å²) in [4.78, 5) is 34.0. The van der Waals surface area contributed by atoms with Gasteiger partial charge in [0.05, 0.1) is 54.4 Å². The summed E-state index contributed by atoms with van der Waals surface area (Å²) in [6.45, 7) is 4.34. The van der Waals surface area contributed by atoms with Gasteiger partial charge >= 0.3 is 7.82 Å². The molecule has 0 aliphatic carbocycles. The molecule has 0 aromatic rings. The van der Waals surface area contributed by atoms with Crippen molar-refractivity contribution in [1.29, 1.82) is 0 Å². The molecule has 2 aliphatic rings. The van der Waals surface area contributed by atoms with Gasteiger partial charge in [0.2, 0.25) is 0 Å². The van der Waals surface area contributed by atoms with E-state index in [0.717, 1.165) is 64.7 Å². The van der Waals surface area contributed by atoms with Crippen molar-refractivity contribution >= 4 is 40.1 Å². The van der Waals surface area contributed by atoms with E-state index in [9.17, 15) is 9.46 Å². The summed E-state index contributed by atoms with van der Waals surface area (Å²) in [7, 11) is 27.5. The van der Waals surface area contributed by atoms with E-state index in [2.05, 4.69) is 185 Å². The van der Waals surface area contributed by atoms with Gasteiger partial charge in [-0.15, -0.1) is 0 Å². The summed E-state index contributed by atoms with van der Waals surface area (Å²) in [6, 6.07) is 0. The summed E-state index contributed by atoms with van der Waals surface area (Å²) in [5.41, 5.74) is 0. The molecule has 0 saturated carbocycles. The molecule has 0 aromatic carbocycles. The maximum absolute atomic E-state index is 13.8. The summed E-state index contributed by atoms with van der Waals surface area (Å²) in [5, 5.41) is -0.839. The minimum absolute atomic E-state index is 0.420. The maximum Gasteiger partial charge on any atom is 0.481 e. The summed E-state index contributed by atoms with van der Waals surface area (Å²) in [6.07, 6.45) is 5.58. The summed E-state index contributed by atoms with van der Waals surface area (Å²) in [5.74, 6) is 0. The highest BCUT2D eigenvalue weighted by Crippen LogP contribution is 2.75. The molecule has 0 amide bonds. The zero-order valence-electron chi connectivity index (χ0n) is 37.8. The molecule has 0 aromatic heterocycles. The van der Waals surface area contributed by atoms with Crippen molar-refractivity contribution in [2.75, 3.05) is 179 Å². The fraction of sp³-hybridized carbons (Fsp3) is 1.00. The van der Waals surface area contributed by atoms with Crippen LogP contribution in [0.4, 0.5) is 0 Å². The van der Waals surface area contributed by atoms with Crippen LogP contribution in [0.5, 0.6) is 0 Å². The van der Waals surface area contributed by atoms with Crippen molar-refractivity contribution in [2.45, 2.75) is 36.5 Å². The quantitative estimate of drug-likeness (QED) is 0.111. The molecule has 2 heterocycles. The smallest absolute Gasteiger partial charge is 0.302 e. The Hall–Kier alpha value is 0.950. The molecular weight excluding hydrogens is 799 g/mol. The molecule has 2 saturated heterocycles. The third-order valence-corrected chi connectivity index (χ3v) is 24.7. The molecule has 1 N–H and O–H groups in total. The van der Waals surface area contributed by atoms with Gasteiger partial charge in [-0.3, -0.25) is 58.3 Å². The van der Waals surface area contributed by atoms with E-state index in [1.54, 1.807) is 0 Å². The molecule has 2 rings (SSSR count). The average molecular weight is 881 g/mol. The Kier molecular flexibility index (Phi) is 21.0. The predicted octanol–water partition coefficient (Wildman–Crippen LogP) is 3.97. The van der Waals surface area contributed by atoms with Crippen LogP contribution in [-0.2, 0) is 13.2 Å². The van der Waals surface area contributed by atoms with Crippen molar-refractivity contribution < 1.29 is 18.1 Å². The monoisotopic (exact) mass is 881 g/mol. The zero-order chi connectivity index (χ0) is 42.2. The largest absolute Gasteiger partial charge is 0.481 e. The lowest BCUT2D eigenvalue weighted by molar-refractivity contribution is -0.00990. The minimum atomic E-state index is -4.52. The zero-order valence-corrected chi connectivity index (χ0v) is 42.4. The van der Waals surface area contributed by atoms with Crippen molar-refractivity contribution in [3.63, 3.8) is 0 Å². The Morgan fingerprint density at radius 1 is 0.509 bits per heavy atom. The fourth-order valence-corrected chi connectivity index (χ4v) is 23.7. The van der Waals surface area contributed by atoms with Crippen LogP contribution in [0.15, 0.2) is 9.03 Å². The topological polar surface area (TPSA) is 119 Å². The van der Waals surface area contributed by atoms with Crippen LogP contribution in [0.1, 0.15) is 25.7 Å². The van der Waals surface area contributed by atoms with Gasteiger partial charge in [-0.2, -0.15) is 0 Å². The molecule has 4 unspecified atom stereocenters. The minimum Gasteiger partial charge on any atom is -0.302 e. The Bertz CT molecular complexity index is 1220. The molecule has 0 radical (unpaired) electrons. The highest BCUT2D eigenvalue weighted by molar-refractivity contribution is 7.71. The standard InChI is InChI=1S/C32H81N14O4P5/c1-35(2)25-41(13)31(42(14)26-36(3)4)21-19-23-53(31,45(17)29-39(9)10)33-51-49-55(47,48)50-52-34-54(46(18)30-40(11)12)24-20-22-32(54,43(15)27-37(5)6)44(16)28-38(7)8/h51-52H,19-30H2,1-18H3,(H,47,48). The second-order valence-electron chi connectivity index (χ2n) is 17.1. The van der Waals surface area contributed by atoms with Gasteiger partial charge in [-0.25, -0.2) is 22.2 Å². The first-order valence-corrected chi connectivity index (χ1v) is 25.9. The lowest BCUT2D eigenvalue weighted by Crippen LogP contribution is -2.61. The number of nitrogens with zero attached hydrogens (tertiary/aromatic N) is 14. The van der Waals surface area contributed by atoms with E-state index < -0.39 is 51.0 Å². The molecule has 23 heteroatoms. The third kappa shape index (κ3) is 12.5. The molecule has 2 fully saturated rings. The average Bonchev–Trinajstić information content (AvgIpc) is 3.61. The summed E-state index contributed by atoms with van der Waals surface area (Å²) < 4.78 is 41.1. The van der Waals surface area contributed by atoms with Crippen LogP contribution in [0.2, 0.25) is 0 Å². The molecular formula is C32H81N14O4P5. The number of hydrogen-bond acceptors (Lipinski definition) is 15. The van der Waals surface area contributed by atoms with Crippen LogP contribution in [-0.4, -0.2) is 253 Å². The third-order valence-electron chi connectivity index (χ3n) is 10.4.